The van der Waals surface area contributed by atoms with E-state index in [-0.39, 0.29) is 11.9 Å². The number of carbonyl (C=O) groups excluding carboxylic acids is 1. The molecule has 1 aliphatic heterocycles. The monoisotopic (exact) mass is 339 g/mol. The third-order valence-corrected chi connectivity index (χ3v) is 4.88. The fraction of sp³-hybridized carbons (Fsp3) is 0.421. The minimum Gasteiger partial charge on any atom is -0.451 e. The molecule has 1 saturated heterocycles. The molecule has 1 amide bonds. The van der Waals surface area contributed by atoms with Crippen LogP contribution in [0, 0.1) is 20.8 Å². The Bertz CT molecular complexity index is 941. The van der Waals surface area contributed by atoms with Crippen LogP contribution in [0.3, 0.4) is 0 Å². The molecular weight excluding hydrogens is 318 g/mol. The quantitative estimate of drug-likeness (QED) is 0.702. The van der Waals surface area contributed by atoms with E-state index in [9.17, 15) is 4.79 Å². The summed E-state index contributed by atoms with van der Waals surface area (Å²) in [5.41, 5.74) is 2.74. The largest absolute Gasteiger partial charge is 0.451 e. The maximum absolute atomic E-state index is 13.2. The van der Waals surface area contributed by atoms with Crippen LogP contribution >= 0.6 is 0 Å². The summed E-state index contributed by atoms with van der Waals surface area (Å²) in [6.45, 7) is 6.40. The highest BCUT2D eigenvalue weighted by atomic mass is 16.5. The number of likely N-dealkylation sites (tertiary alicyclic amines) is 1. The number of carbonyl (C=O) groups is 1. The minimum absolute atomic E-state index is 0.105. The first-order valence-corrected chi connectivity index (χ1v) is 8.65. The van der Waals surface area contributed by atoms with Crippen molar-refractivity contribution in [1.82, 2.24) is 15.0 Å². The Balaban J connectivity index is 1.72. The topological polar surface area (TPSA) is 72.4 Å². The second-order valence-electron chi connectivity index (χ2n) is 6.75. The second-order valence-corrected chi connectivity index (χ2v) is 6.75. The summed E-state index contributed by atoms with van der Waals surface area (Å²) in [6, 6.07) is 5.82. The maximum atomic E-state index is 13.2. The normalized spacial score (nSPS) is 18.0. The van der Waals surface area contributed by atoms with E-state index in [0.29, 0.717) is 24.0 Å². The van der Waals surface area contributed by atoms with Gasteiger partial charge in [0.1, 0.15) is 11.6 Å². The second kappa shape index (κ2) is 6.02. The van der Waals surface area contributed by atoms with Crippen molar-refractivity contribution in [3.05, 3.63) is 46.8 Å². The molecule has 1 fully saturated rings. The van der Waals surface area contributed by atoms with E-state index in [1.165, 1.54) is 0 Å². The Labute approximate surface area is 145 Å². The van der Waals surface area contributed by atoms with E-state index < -0.39 is 0 Å². The molecule has 1 atom stereocenters. The molecule has 4 rings (SSSR count). The number of fused-ring (bicyclic) bond motifs is 1. The van der Waals surface area contributed by atoms with Crippen LogP contribution in [-0.4, -0.2) is 27.5 Å². The zero-order valence-corrected chi connectivity index (χ0v) is 14.7. The molecule has 2 aromatic heterocycles. The molecule has 6 heteroatoms. The lowest BCUT2D eigenvalue weighted by atomic mass is 10.0. The molecule has 1 aromatic carbocycles. The fourth-order valence-electron chi connectivity index (χ4n) is 3.55. The SMILES string of the molecule is Cc1ccc2c(C)c(C(=O)N3CCCC[C@H]3c3nc(C)no3)oc2c1. The number of amides is 1. The van der Waals surface area contributed by atoms with Gasteiger partial charge in [-0.3, -0.25) is 4.79 Å². The molecule has 0 spiro atoms. The van der Waals surface area contributed by atoms with Crippen LogP contribution in [0.4, 0.5) is 0 Å². The smallest absolute Gasteiger partial charge is 0.290 e. The molecule has 0 radical (unpaired) electrons. The van der Waals surface area contributed by atoms with Crippen LogP contribution in [-0.2, 0) is 0 Å². The number of aryl methyl sites for hydroxylation is 3. The van der Waals surface area contributed by atoms with Crippen LogP contribution in [0.2, 0.25) is 0 Å². The van der Waals surface area contributed by atoms with E-state index in [4.69, 9.17) is 8.94 Å². The Hall–Kier alpha value is -2.63. The first-order chi connectivity index (χ1) is 12.0. The highest BCUT2D eigenvalue weighted by Crippen LogP contribution is 2.34. The molecular formula is C19H21N3O3. The van der Waals surface area contributed by atoms with Crippen LogP contribution in [0.15, 0.2) is 27.1 Å². The Kier molecular flexibility index (Phi) is 3.82. The predicted octanol–water partition coefficient (Wildman–Crippen LogP) is 4.11. The summed E-state index contributed by atoms with van der Waals surface area (Å²) in [4.78, 5) is 19.4. The fourth-order valence-corrected chi connectivity index (χ4v) is 3.55. The van der Waals surface area contributed by atoms with E-state index in [0.717, 1.165) is 41.4 Å². The van der Waals surface area contributed by atoms with Crippen molar-refractivity contribution >= 4 is 16.9 Å². The molecule has 130 valence electrons. The average molecular weight is 339 g/mol. The van der Waals surface area contributed by atoms with Crippen LogP contribution < -0.4 is 0 Å². The number of furan rings is 1. The summed E-state index contributed by atoms with van der Waals surface area (Å²) in [5, 5.41) is 4.86. The van der Waals surface area contributed by atoms with Gasteiger partial charge in [-0.05, 0) is 51.7 Å². The van der Waals surface area contributed by atoms with Gasteiger partial charge in [-0.1, -0.05) is 17.3 Å². The van der Waals surface area contributed by atoms with Crippen molar-refractivity contribution < 1.29 is 13.7 Å². The third kappa shape index (κ3) is 2.71. The van der Waals surface area contributed by atoms with E-state index >= 15 is 0 Å². The summed E-state index contributed by atoms with van der Waals surface area (Å²) >= 11 is 0. The number of hydrogen-bond acceptors (Lipinski definition) is 5. The van der Waals surface area contributed by atoms with Gasteiger partial charge in [-0.2, -0.15) is 4.98 Å². The lowest BCUT2D eigenvalue weighted by Crippen LogP contribution is -2.38. The molecule has 0 bridgehead atoms. The Morgan fingerprint density at radius 1 is 1.24 bits per heavy atom. The summed E-state index contributed by atoms with van der Waals surface area (Å²) in [5.74, 6) is 1.40. The first kappa shape index (κ1) is 15.9. The van der Waals surface area contributed by atoms with Gasteiger partial charge in [0, 0.05) is 17.5 Å². The number of aromatic nitrogens is 2. The van der Waals surface area contributed by atoms with Gasteiger partial charge >= 0.3 is 0 Å². The molecule has 1 aliphatic rings. The molecule has 3 aromatic rings. The van der Waals surface area contributed by atoms with Crippen molar-refractivity contribution in [2.75, 3.05) is 6.54 Å². The summed E-state index contributed by atoms with van der Waals surface area (Å²) in [6.07, 6.45) is 2.83. The Morgan fingerprint density at radius 3 is 2.84 bits per heavy atom. The van der Waals surface area contributed by atoms with Gasteiger partial charge in [0.2, 0.25) is 5.89 Å². The number of hydrogen-bond donors (Lipinski definition) is 0. The molecule has 3 heterocycles. The highest BCUT2D eigenvalue weighted by molar-refractivity contribution is 5.99. The molecule has 6 nitrogen and oxygen atoms in total. The van der Waals surface area contributed by atoms with Crippen molar-refractivity contribution in [3.8, 4) is 0 Å². The molecule has 25 heavy (non-hydrogen) atoms. The molecule has 0 N–H and O–H groups in total. The van der Waals surface area contributed by atoms with Crippen molar-refractivity contribution in [1.29, 1.82) is 0 Å². The van der Waals surface area contributed by atoms with Crippen molar-refractivity contribution in [3.63, 3.8) is 0 Å². The standard InChI is InChI=1S/C19H21N3O3/c1-11-7-8-14-12(2)17(24-16(14)10-11)19(23)22-9-5-4-6-15(22)18-20-13(3)21-25-18/h7-8,10,15H,4-6,9H2,1-3H3/t15-/m0/s1. The van der Waals surface area contributed by atoms with Gasteiger partial charge in [-0.15, -0.1) is 0 Å². The highest BCUT2D eigenvalue weighted by Gasteiger charge is 2.34. The van der Waals surface area contributed by atoms with E-state index in [1.807, 2.05) is 36.9 Å². The molecule has 0 saturated carbocycles. The predicted molar refractivity (Wildman–Crippen MR) is 92.4 cm³/mol. The zero-order valence-electron chi connectivity index (χ0n) is 14.7. The minimum atomic E-state index is -0.184. The maximum Gasteiger partial charge on any atom is 0.290 e. The average Bonchev–Trinajstić information content (AvgIpc) is 3.18. The van der Waals surface area contributed by atoms with Gasteiger partial charge in [0.05, 0.1) is 0 Å². The third-order valence-electron chi connectivity index (χ3n) is 4.88. The van der Waals surface area contributed by atoms with Crippen molar-refractivity contribution in [2.24, 2.45) is 0 Å². The van der Waals surface area contributed by atoms with Crippen LogP contribution in [0.25, 0.3) is 11.0 Å². The van der Waals surface area contributed by atoms with Gasteiger partial charge in [-0.25, -0.2) is 0 Å². The Morgan fingerprint density at radius 2 is 2.08 bits per heavy atom. The first-order valence-electron chi connectivity index (χ1n) is 8.65. The van der Waals surface area contributed by atoms with Gasteiger partial charge in [0.25, 0.3) is 5.91 Å². The number of rotatable bonds is 2. The van der Waals surface area contributed by atoms with E-state index in [1.54, 1.807) is 6.92 Å². The van der Waals surface area contributed by atoms with Crippen molar-refractivity contribution in [2.45, 2.75) is 46.1 Å². The lowest BCUT2D eigenvalue weighted by molar-refractivity contribution is 0.0531. The van der Waals surface area contributed by atoms with Crippen LogP contribution in [0.5, 0.6) is 0 Å². The summed E-state index contributed by atoms with van der Waals surface area (Å²) < 4.78 is 11.3. The summed E-state index contributed by atoms with van der Waals surface area (Å²) in [7, 11) is 0. The van der Waals surface area contributed by atoms with Gasteiger partial charge in [0.15, 0.2) is 11.6 Å². The lowest BCUT2D eigenvalue weighted by Gasteiger charge is -2.32. The molecule has 0 unspecified atom stereocenters. The van der Waals surface area contributed by atoms with Crippen LogP contribution in [0.1, 0.15) is 58.7 Å². The van der Waals surface area contributed by atoms with E-state index in [2.05, 4.69) is 10.1 Å². The molecule has 0 aliphatic carbocycles. The number of piperidine rings is 1. The van der Waals surface area contributed by atoms with Gasteiger partial charge < -0.3 is 13.8 Å². The number of nitrogens with zero attached hydrogens (tertiary/aromatic N) is 3. The number of benzene rings is 1. The zero-order chi connectivity index (χ0) is 17.6.